The van der Waals surface area contributed by atoms with Crippen molar-refractivity contribution in [2.75, 3.05) is 39.4 Å². The number of rotatable bonds is 5. The van der Waals surface area contributed by atoms with Crippen LogP contribution in [0, 0.1) is 12.8 Å². The number of morpholine rings is 1. The lowest BCUT2D eigenvalue weighted by molar-refractivity contribution is 0.0291. The van der Waals surface area contributed by atoms with Gasteiger partial charge in [-0.2, -0.15) is 0 Å². The second-order valence-electron chi connectivity index (χ2n) is 8.31. The Bertz CT molecular complexity index is 894. The minimum Gasteiger partial charge on any atom is -0.504 e. The fraction of sp³-hybridized carbons (Fsp3) is 0.542. The lowest BCUT2D eigenvalue weighted by atomic mass is 9.83. The molecule has 1 unspecified atom stereocenters. The van der Waals surface area contributed by atoms with Crippen molar-refractivity contribution < 1.29 is 19.7 Å². The van der Waals surface area contributed by atoms with Gasteiger partial charge in [0.1, 0.15) is 0 Å². The second kappa shape index (κ2) is 12.3. The molecule has 2 aliphatic rings. The molecule has 2 heterocycles. The second-order valence-corrected chi connectivity index (χ2v) is 8.31. The molecule has 1 atom stereocenters. The zero-order valence-corrected chi connectivity index (χ0v) is 19.8. The van der Waals surface area contributed by atoms with Gasteiger partial charge in [-0.3, -0.25) is 9.69 Å². The van der Waals surface area contributed by atoms with Crippen molar-refractivity contribution in [2.45, 2.75) is 39.5 Å². The number of nitrogens with one attached hydrogen (secondary N) is 1. The number of nitrogens with zero attached hydrogens (tertiary/aromatic N) is 1. The highest BCUT2D eigenvalue weighted by Crippen LogP contribution is 2.31. The summed E-state index contributed by atoms with van der Waals surface area (Å²) in [6.07, 6.45) is 3.64. The number of ether oxygens (including phenoxy) is 1. The molecule has 1 aliphatic carbocycles. The highest BCUT2D eigenvalue weighted by atomic mass is 35.5. The van der Waals surface area contributed by atoms with Gasteiger partial charge < -0.3 is 25.7 Å². The van der Waals surface area contributed by atoms with Crippen LogP contribution < -0.4 is 5.73 Å². The van der Waals surface area contributed by atoms with Gasteiger partial charge in [0.15, 0.2) is 17.3 Å². The summed E-state index contributed by atoms with van der Waals surface area (Å²) < 4.78 is 5.38. The number of phenols is 2. The zero-order chi connectivity index (χ0) is 22.4. The molecule has 5 N–H and O–H groups in total. The highest BCUT2D eigenvalue weighted by Gasteiger charge is 2.32. The highest BCUT2D eigenvalue weighted by molar-refractivity contribution is 6.01. The summed E-state index contributed by atoms with van der Waals surface area (Å²) in [5.74, 6) is 0.349. The minimum absolute atomic E-state index is 0. The Morgan fingerprint density at radius 3 is 2.56 bits per heavy atom. The molecule has 0 bridgehead atoms. The van der Waals surface area contributed by atoms with Gasteiger partial charge in [-0.1, -0.05) is 13.0 Å². The van der Waals surface area contributed by atoms with Crippen LogP contribution in [0.2, 0.25) is 0 Å². The lowest BCUT2D eigenvalue weighted by Crippen LogP contribution is -2.42. The van der Waals surface area contributed by atoms with E-state index in [0.717, 1.165) is 63.2 Å². The number of fused-ring (bicyclic) bond motifs is 1. The summed E-state index contributed by atoms with van der Waals surface area (Å²) in [7, 11) is 0. The number of phenolic OH excluding ortho intramolecular Hbond substituents is 2. The van der Waals surface area contributed by atoms with Crippen molar-refractivity contribution >= 4 is 18.2 Å². The van der Waals surface area contributed by atoms with E-state index in [1.54, 1.807) is 6.07 Å². The molecule has 0 radical (unpaired) electrons. The van der Waals surface area contributed by atoms with Crippen LogP contribution in [0.4, 0.5) is 0 Å². The van der Waals surface area contributed by atoms with E-state index in [2.05, 4.69) is 23.7 Å². The van der Waals surface area contributed by atoms with Crippen LogP contribution in [-0.2, 0) is 24.0 Å². The Labute approximate surface area is 196 Å². The number of H-pyrrole nitrogens is 1. The molecule has 1 aromatic carbocycles. The topological polar surface area (TPSA) is 112 Å². The summed E-state index contributed by atoms with van der Waals surface area (Å²) in [6.45, 7) is 9.19. The Morgan fingerprint density at radius 2 is 1.94 bits per heavy atom. The number of halogens is 1. The number of hydrogen-bond acceptors (Lipinski definition) is 6. The smallest absolute Gasteiger partial charge is 0.169 e. The zero-order valence-electron chi connectivity index (χ0n) is 19.0. The van der Waals surface area contributed by atoms with Crippen LogP contribution in [0.15, 0.2) is 18.2 Å². The molecule has 1 aliphatic heterocycles. The lowest BCUT2D eigenvalue weighted by Gasteiger charge is -2.31. The largest absolute Gasteiger partial charge is 0.504 e. The predicted molar refractivity (Wildman–Crippen MR) is 128 cm³/mol. The summed E-state index contributed by atoms with van der Waals surface area (Å²) in [4.78, 5) is 18.6. The van der Waals surface area contributed by atoms with Crippen LogP contribution in [-0.4, -0.2) is 65.3 Å². The maximum atomic E-state index is 12.8. The number of benzene rings is 1. The first kappa shape index (κ1) is 26.2. The average Bonchev–Trinajstić information content (AvgIpc) is 3.10. The van der Waals surface area contributed by atoms with E-state index < -0.39 is 0 Å². The maximum absolute atomic E-state index is 12.8. The van der Waals surface area contributed by atoms with Crippen molar-refractivity contribution in [3.8, 4) is 11.5 Å². The van der Waals surface area contributed by atoms with E-state index in [0.29, 0.717) is 18.7 Å². The van der Waals surface area contributed by atoms with Gasteiger partial charge in [0.25, 0.3) is 0 Å². The van der Waals surface area contributed by atoms with Crippen molar-refractivity contribution in [2.24, 2.45) is 11.7 Å². The Morgan fingerprint density at radius 1 is 1.22 bits per heavy atom. The number of carbonyl (C=O) groups excluding carboxylic acids is 1. The summed E-state index contributed by atoms with van der Waals surface area (Å²) in [5.41, 5.74) is 10.8. The van der Waals surface area contributed by atoms with E-state index in [4.69, 9.17) is 20.7 Å². The number of aromatic hydroxyl groups is 2. The number of ketones is 1. The molecule has 0 amide bonds. The quantitative estimate of drug-likeness (QED) is 0.505. The first-order valence-corrected chi connectivity index (χ1v) is 11.2. The van der Waals surface area contributed by atoms with Gasteiger partial charge in [-0.05, 0) is 62.4 Å². The van der Waals surface area contributed by atoms with Crippen LogP contribution >= 0.6 is 12.4 Å². The number of Topliss-reactive ketones (excluding diaryl/α,β-unsaturated/α-hetero) is 1. The molecular formula is C24H36ClN3O4. The molecule has 2 aromatic rings. The number of nitrogens with two attached hydrogens (primary N) is 1. The SMILES string of the molecule is CCc1c(C)[nH]c2c1C(=O)C(CN1CCOCC1)CC2.Cl.NCCc1ccc(O)c(O)c1. The van der Waals surface area contributed by atoms with E-state index in [9.17, 15) is 4.79 Å². The molecule has 7 nitrogen and oxygen atoms in total. The molecule has 0 spiro atoms. The summed E-state index contributed by atoms with van der Waals surface area (Å²) in [5, 5.41) is 18.0. The van der Waals surface area contributed by atoms with Gasteiger partial charge in [0, 0.05) is 42.5 Å². The van der Waals surface area contributed by atoms with Gasteiger partial charge in [-0.15, -0.1) is 12.4 Å². The monoisotopic (exact) mass is 465 g/mol. The van der Waals surface area contributed by atoms with Crippen molar-refractivity contribution in [1.82, 2.24) is 9.88 Å². The molecule has 1 aromatic heterocycles. The Balaban J connectivity index is 0.000000259. The van der Waals surface area contributed by atoms with Gasteiger partial charge in [0.05, 0.1) is 13.2 Å². The molecule has 4 rings (SSSR count). The minimum atomic E-state index is -0.0919. The van der Waals surface area contributed by atoms with Crippen molar-refractivity contribution in [3.63, 3.8) is 0 Å². The van der Waals surface area contributed by atoms with Crippen molar-refractivity contribution in [3.05, 3.63) is 46.3 Å². The molecule has 178 valence electrons. The molecular weight excluding hydrogens is 430 g/mol. The number of aryl methyl sites for hydroxylation is 2. The summed E-state index contributed by atoms with van der Waals surface area (Å²) in [6, 6.07) is 4.71. The first-order chi connectivity index (χ1) is 14.9. The number of aromatic nitrogens is 1. The molecule has 0 saturated carbocycles. The van der Waals surface area contributed by atoms with E-state index in [1.165, 1.54) is 29.1 Å². The third-order valence-corrected chi connectivity index (χ3v) is 6.16. The van der Waals surface area contributed by atoms with Crippen LogP contribution in [0.25, 0.3) is 0 Å². The molecule has 32 heavy (non-hydrogen) atoms. The molecule has 1 saturated heterocycles. The summed E-state index contributed by atoms with van der Waals surface area (Å²) >= 11 is 0. The predicted octanol–water partition coefficient (Wildman–Crippen LogP) is 2.98. The van der Waals surface area contributed by atoms with E-state index >= 15 is 0 Å². The molecule has 1 fully saturated rings. The van der Waals surface area contributed by atoms with Crippen LogP contribution in [0.5, 0.6) is 11.5 Å². The molecule has 8 heteroatoms. The van der Waals surface area contributed by atoms with Gasteiger partial charge >= 0.3 is 0 Å². The normalized spacial score (nSPS) is 18.3. The average molecular weight is 466 g/mol. The van der Waals surface area contributed by atoms with E-state index in [-0.39, 0.29) is 29.8 Å². The Hall–Kier alpha value is -2.06. The van der Waals surface area contributed by atoms with Crippen LogP contribution in [0.3, 0.4) is 0 Å². The fourth-order valence-electron chi connectivity index (χ4n) is 4.48. The standard InChI is InChI=1S/C16H24N2O2.C8H11NO2.ClH/c1-3-13-11(2)17-14-5-4-12(16(19)15(13)14)10-18-6-8-20-9-7-18;9-4-3-6-1-2-7(10)8(11)5-6;/h12,17H,3-10H2,1-2H3;1-2,5,10-11H,3-4,9H2;1H. The van der Waals surface area contributed by atoms with Crippen LogP contribution in [0.1, 0.15) is 46.2 Å². The van der Waals surface area contributed by atoms with E-state index in [1.807, 2.05) is 0 Å². The third-order valence-electron chi connectivity index (χ3n) is 6.16. The number of hydrogen-bond donors (Lipinski definition) is 4. The number of carbonyl (C=O) groups is 1. The van der Waals surface area contributed by atoms with Gasteiger partial charge in [0.2, 0.25) is 0 Å². The van der Waals surface area contributed by atoms with Gasteiger partial charge in [-0.25, -0.2) is 0 Å². The van der Waals surface area contributed by atoms with Crippen molar-refractivity contribution in [1.29, 1.82) is 0 Å². The maximum Gasteiger partial charge on any atom is 0.169 e. The fourth-order valence-corrected chi connectivity index (χ4v) is 4.48. The first-order valence-electron chi connectivity index (χ1n) is 11.2. The Kier molecular flexibility index (Phi) is 10.0. The number of aromatic amines is 1. The third kappa shape index (κ3) is 6.25.